The van der Waals surface area contributed by atoms with Gasteiger partial charge in [0.1, 0.15) is 11.6 Å². The number of nitrogens with two attached hydrogens (primary N) is 1. The van der Waals surface area contributed by atoms with Crippen molar-refractivity contribution in [3.05, 3.63) is 144 Å². The zero-order valence-electron chi connectivity index (χ0n) is 26.3. The summed E-state index contributed by atoms with van der Waals surface area (Å²) in [5.41, 5.74) is 12.9. The van der Waals surface area contributed by atoms with Crippen LogP contribution in [-0.2, 0) is 6.42 Å². The highest BCUT2D eigenvalue weighted by molar-refractivity contribution is 5.46. The molecule has 0 spiro atoms. The van der Waals surface area contributed by atoms with Gasteiger partial charge in [0.25, 0.3) is 0 Å². The fourth-order valence-corrected chi connectivity index (χ4v) is 3.57. The SMILES string of the molecule is C=CC1=CC=CN(C(C=C)=C(C)C)C1=C.CC.CC.CCC(N)c1ccc(F)cc1.CCc1c(C)cccc1F. The highest BCUT2D eigenvalue weighted by atomic mass is 19.1. The first-order valence-corrected chi connectivity index (χ1v) is 14.1. The molecule has 0 radical (unpaired) electrons. The van der Waals surface area contributed by atoms with Crippen molar-refractivity contribution in [2.24, 2.45) is 5.73 Å². The topological polar surface area (TPSA) is 29.3 Å². The van der Waals surface area contributed by atoms with Gasteiger partial charge in [-0.25, -0.2) is 8.78 Å². The molecule has 220 valence electrons. The molecule has 0 bridgehead atoms. The molecule has 0 fully saturated rings. The van der Waals surface area contributed by atoms with Gasteiger partial charge in [-0.2, -0.15) is 0 Å². The van der Waals surface area contributed by atoms with E-state index in [0.29, 0.717) is 0 Å². The first-order valence-electron chi connectivity index (χ1n) is 14.1. The molecule has 2 nitrogen and oxygen atoms in total. The summed E-state index contributed by atoms with van der Waals surface area (Å²) in [6.45, 7) is 29.7. The summed E-state index contributed by atoms with van der Waals surface area (Å²) in [5.74, 6) is -0.292. The van der Waals surface area contributed by atoms with Crippen LogP contribution >= 0.6 is 0 Å². The molecule has 0 saturated carbocycles. The zero-order valence-corrected chi connectivity index (χ0v) is 26.3. The van der Waals surface area contributed by atoms with E-state index in [4.69, 9.17) is 5.73 Å². The smallest absolute Gasteiger partial charge is 0.126 e. The Morgan fingerprint density at radius 2 is 1.55 bits per heavy atom. The Balaban J connectivity index is 0. The molecule has 4 heteroatoms. The summed E-state index contributed by atoms with van der Waals surface area (Å²) >= 11 is 0. The molecule has 2 aromatic rings. The summed E-state index contributed by atoms with van der Waals surface area (Å²) in [4.78, 5) is 2.03. The molecule has 0 aromatic heterocycles. The Morgan fingerprint density at radius 3 is 1.95 bits per heavy atom. The predicted octanol–water partition coefficient (Wildman–Crippen LogP) is 10.9. The van der Waals surface area contributed by atoms with Gasteiger partial charge in [0.15, 0.2) is 0 Å². The van der Waals surface area contributed by atoms with E-state index < -0.39 is 0 Å². The molecule has 1 unspecified atom stereocenters. The normalized spacial score (nSPS) is 11.8. The first-order chi connectivity index (χ1) is 19.1. The highest BCUT2D eigenvalue weighted by Crippen LogP contribution is 2.26. The number of nitrogens with zero attached hydrogens (tertiary/aromatic N) is 1. The Bertz CT molecular complexity index is 1100. The molecular weight excluding hydrogens is 498 g/mol. The number of hydrogen-bond acceptors (Lipinski definition) is 2. The van der Waals surface area contributed by atoms with Gasteiger partial charge in [-0.1, -0.05) is 103 Å². The number of rotatable bonds is 6. The molecule has 1 atom stereocenters. The van der Waals surface area contributed by atoms with E-state index in [9.17, 15) is 8.78 Å². The summed E-state index contributed by atoms with van der Waals surface area (Å²) in [6, 6.07) is 11.5. The van der Waals surface area contributed by atoms with Crippen LogP contribution in [0.2, 0.25) is 0 Å². The van der Waals surface area contributed by atoms with Gasteiger partial charge in [-0.3, -0.25) is 0 Å². The van der Waals surface area contributed by atoms with Gasteiger partial charge in [-0.05, 0) is 86.2 Å². The second-order valence-corrected chi connectivity index (χ2v) is 8.53. The number of hydrogen-bond donors (Lipinski definition) is 1. The summed E-state index contributed by atoms with van der Waals surface area (Å²) in [5, 5.41) is 0. The maximum Gasteiger partial charge on any atom is 0.126 e. The number of aryl methyl sites for hydroxylation is 1. The summed E-state index contributed by atoms with van der Waals surface area (Å²) in [7, 11) is 0. The van der Waals surface area contributed by atoms with Crippen LogP contribution in [0.5, 0.6) is 0 Å². The lowest BCUT2D eigenvalue weighted by atomic mass is 10.1. The van der Waals surface area contributed by atoms with E-state index in [0.717, 1.165) is 46.5 Å². The summed E-state index contributed by atoms with van der Waals surface area (Å²) in [6.07, 6.45) is 11.3. The largest absolute Gasteiger partial charge is 0.324 e. The van der Waals surface area contributed by atoms with Gasteiger partial charge in [-0.15, -0.1) is 0 Å². The van der Waals surface area contributed by atoms with Crippen molar-refractivity contribution in [2.45, 2.75) is 81.2 Å². The Kier molecular flexibility index (Phi) is 21.6. The van der Waals surface area contributed by atoms with Gasteiger partial charge < -0.3 is 10.6 Å². The third-order valence-electron chi connectivity index (χ3n) is 5.76. The molecule has 40 heavy (non-hydrogen) atoms. The van der Waals surface area contributed by atoms with Crippen molar-refractivity contribution in [3.8, 4) is 0 Å². The van der Waals surface area contributed by atoms with E-state index in [2.05, 4.69) is 33.6 Å². The van der Waals surface area contributed by atoms with Crippen LogP contribution in [0, 0.1) is 18.6 Å². The van der Waals surface area contributed by atoms with E-state index in [1.165, 1.54) is 23.8 Å². The van der Waals surface area contributed by atoms with Crippen LogP contribution in [0.1, 0.15) is 84.5 Å². The Hall–Kier alpha value is -3.50. The van der Waals surface area contributed by atoms with Crippen molar-refractivity contribution in [2.75, 3.05) is 0 Å². The van der Waals surface area contributed by atoms with Gasteiger partial charge >= 0.3 is 0 Å². The van der Waals surface area contributed by atoms with Crippen molar-refractivity contribution in [3.63, 3.8) is 0 Å². The molecule has 0 saturated heterocycles. The highest BCUT2D eigenvalue weighted by Gasteiger charge is 2.13. The van der Waals surface area contributed by atoms with E-state index in [1.807, 2.05) is 89.9 Å². The fraction of sp³-hybridized carbons (Fsp3) is 0.333. The van der Waals surface area contributed by atoms with E-state index in [-0.39, 0.29) is 17.7 Å². The molecule has 2 N–H and O–H groups in total. The second kappa shape index (κ2) is 22.3. The second-order valence-electron chi connectivity index (χ2n) is 8.53. The van der Waals surface area contributed by atoms with E-state index in [1.54, 1.807) is 18.2 Å². The lowest BCUT2D eigenvalue weighted by Gasteiger charge is -2.28. The predicted molar refractivity (Wildman–Crippen MR) is 174 cm³/mol. The lowest BCUT2D eigenvalue weighted by Crippen LogP contribution is -2.18. The van der Waals surface area contributed by atoms with E-state index >= 15 is 0 Å². The van der Waals surface area contributed by atoms with Crippen LogP contribution < -0.4 is 5.73 Å². The van der Waals surface area contributed by atoms with Gasteiger partial charge in [0, 0.05) is 23.6 Å². The molecule has 0 aliphatic carbocycles. The van der Waals surface area contributed by atoms with Crippen molar-refractivity contribution >= 4 is 0 Å². The van der Waals surface area contributed by atoms with Crippen LogP contribution in [-0.4, -0.2) is 4.90 Å². The number of benzene rings is 2. The first kappa shape index (κ1) is 38.6. The molecule has 0 amide bonds. The fourth-order valence-electron chi connectivity index (χ4n) is 3.57. The average molecular weight is 551 g/mol. The van der Waals surface area contributed by atoms with Crippen molar-refractivity contribution < 1.29 is 8.78 Å². The summed E-state index contributed by atoms with van der Waals surface area (Å²) < 4.78 is 25.3. The number of allylic oxidation sites excluding steroid dienone is 5. The molecule has 2 aromatic carbocycles. The minimum atomic E-state index is -0.211. The molecule has 1 heterocycles. The van der Waals surface area contributed by atoms with Gasteiger partial charge in [0.05, 0.1) is 0 Å². The Morgan fingerprint density at radius 1 is 0.975 bits per heavy atom. The number of halogens is 2. The van der Waals surface area contributed by atoms with Crippen molar-refractivity contribution in [1.29, 1.82) is 0 Å². The molecular formula is C36H52F2N2. The minimum Gasteiger partial charge on any atom is -0.324 e. The van der Waals surface area contributed by atoms with Crippen molar-refractivity contribution in [1.82, 2.24) is 4.90 Å². The van der Waals surface area contributed by atoms with Crippen LogP contribution in [0.25, 0.3) is 0 Å². The standard InChI is InChI=1S/C14H17N.C9H12FN.C9H11F.2C2H6/c1-6-13-9-8-10-15(12(13)5)14(7-2)11(3)4;1-2-9(11)7-3-5-8(10)6-4-7;1-3-8-7(2)5-4-6-9(8)10;2*1-2/h6-10H,1-2,5H2,3-4H3;3-6,9H,2,11H2,1H3;4-6H,3H2,1-2H3;2*1-2H3. The maximum atomic E-state index is 12.9. The Labute approximate surface area is 244 Å². The molecule has 3 rings (SSSR count). The van der Waals surface area contributed by atoms with Crippen LogP contribution in [0.4, 0.5) is 8.78 Å². The monoisotopic (exact) mass is 550 g/mol. The van der Waals surface area contributed by atoms with Crippen LogP contribution in [0.15, 0.2) is 115 Å². The van der Waals surface area contributed by atoms with Gasteiger partial charge in [0.2, 0.25) is 0 Å². The minimum absolute atomic E-state index is 0.0376. The zero-order chi connectivity index (χ0) is 31.3. The lowest BCUT2D eigenvalue weighted by molar-refractivity contribution is 0.596. The van der Waals surface area contributed by atoms with Crippen LogP contribution in [0.3, 0.4) is 0 Å². The quantitative estimate of drug-likeness (QED) is 0.362. The third-order valence-corrected chi connectivity index (χ3v) is 5.76. The average Bonchev–Trinajstić information content (AvgIpc) is 2.97. The molecule has 1 aliphatic heterocycles. The maximum absolute atomic E-state index is 12.9. The molecule has 1 aliphatic rings. The third kappa shape index (κ3) is 13.0.